The van der Waals surface area contributed by atoms with Gasteiger partial charge >= 0.3 is 0 Å². The second-order valence-electron chi connectivity index (χ2n) is 6.41. The number of benzene rings is 2. The van der Waals surface area contributed by atoms with Gasteiger partial charge in [0.1, 0.15) is 0 Å². The number of hydrogen-bond acceptors (Lipinski definition) is 3. The minimum absolute atomic E-state index is 0.0821. The summed E-state index contributed by atoms with van der Waals surface area (Å²) in [7, 11) is -3.51. The second-order valence-corrected chi connectivity index (χ2v) is 9.81. The van der Waals surface area contributed by atoms with Crippen LogP contribution in [0.2, 0.25) is 5.02 Å². The van der Waals surface area contributed by atoms with Crippen LogP contribution in [-0.4, -0.2) is 19.7 Å². The maximum atomic E-state index is 12.7. The summed E-state index contributed by atoms with van der Waals surface area (Å²) in [6, 6.07) is 14.6. The first kappa shape index (κ1) is 18.8. The molecule has 2 aromatic rings. The van der Waals surface area contributed by atoms with E-state index in [1.54, 1.807) is 23.9 Å². The third-order valence-electron chi connectivity index (χ3n) is 4.46. The van der Waals surface area contributed by atoms with Crippen LogP contribution in [0.15, 0.2) is 58.3 Å². The molecule has 134 valence electrons. The Bertz CT molecular complexity index is 822. The van der Waals surface area contributed by atoms with Gasteiger partial charge in [0.15, 0.2) is 0 Å². The molecule has 2 aromatic carbocycles. The highest BCUT2D eigenvalue weighted by atomic mass is 35.5. The maximum absolute atomic E-state index is 12.7. The molecule has 0 aromatic heterocycles. The van der Waals surface area contributed by atoms with Crippen molar-refractivity contribution in [2.45, 2.75) is 53.7 Å². The lowest BCUT2D eigenvalue weighted by Gasteiger charge is -2.31. The Kier molecular flexibility index (Phi) is 6.10. The molecule has 6 heteroatoms. The molecule has 2 atom stereocenters. The number of aryl methyl sites for hydroxylation is 1. The van der Waals surface area contributed by atoms with E-state index in [-0.39, 0.29) is 11.3 Å². The van der Waals surface area contributed by atoms with Gasteiger partial charge in [0.25, 0.3) is 0 Å². The summed E-state index contributed by atoms with van der Waals surface area (Å²) in [6.07, 6.45) is 4.00. The lowest BCUT2D eigenvalue weighted by Crippen LogP contribution is -2.43. The molecule has 1 saturated carbocycles. The number of nitrogens with one attached hydrogen (secondary N) is 1. The predicted octanol–water partition coefficient (Wildman–Crippen LogP) is 5.03. The zero-order chi connectivity index (χ0) is 17.9. The van der Waals surface area contributed by atoms with Crippen molar-refractivity contribution in [3.05, 3.63) is 59.1 Å². The van der Waals surface area contributed by atoms with Crippen LogP contribution in [0.4, 0.5) is 0 Å². The molecule has 25 heavy (non-hydrogen) atoms. The molecular weight excluding hydrogens is 374 g/mol. The Morgan fingerprint density at radius 1 is 1.04 bits per heavy atom. The van der Waals surface area contributed by atoms with Gasteiger partial charge in [-0.1, -0.05) is 54.3 Å². The van der Waals surface area contributed by atoms with Crippen LogP contribution in [0, 0.1) is 6.92 Å². The fourth-order valence-electron chi connectivity index (χ4n) is 3.06. The Morgan fingerprint density at radius 2 is 1.72 bits per heavy atom. The Hall–Kier alpha value is -1.01. The van der Waals surface area contributed by atoms with Crippen molar-refractivity contribution in [3.63, 3.8) is 0 Å². The van der Waals surface area contributed by atoms with E-state index in [1.165, 1.54) is 0 Å². The molecule has 1 fully saturated rings. The first-order valence-corrected chi connectivity index (χ1v) is 11.2. The average Bonchev–Trinajstić information content (AvgIpc) is 2.59. The van der Waals surface area contributed by atoms with Crippen molar-refractivity contribution < 1.29 is 8.42 Å². The van der Waals surface area contributed by atoms with Crippen LogP contribution >= 0.6 is 23.4 Å². The van der Waals surface area contributed by atoms with Gasteiger partial charge < -0.3 is 0 Å². The summed E-state index contributed by atoms with van der Waals surface area (Å²) in [5, 5.41) is 0.909. The van der Waals surface area contributed by atoms with E-state index >= 15 is 0 Å². The average molecular weight is 396 g/mol. The zero-order valence-corrected chi connectivity index (χ0v) is 16.5. The minimum atomic E-state index is -3.51. The van der Waals surface area contributed by atoms with Gasteiger partial charge in [-0.25, -0.2) is 13.1 Å². The molecule has 0 amide bonds. The molecule has 0 unspecified atom stereocenters. The lowest BCUT2D eigenvalue weighted by atomic mass is 9.96. The number of sulfonamides is 1. The molecule has 3 rings (SSSR count). The molecule has 0 aliphatic heterocycles. The monoisotopic (exact) mass is 395 g/mol. The standard InChI is InChI=1S/C19H22ClNO2S2/c1-14-10-12-15(13-11-14)25(22,23)21-17-7-3-5-9-19(17)24-18-8-4-2-6-16(18)20/h2,4,6,8,10-13,17,19,21H,3,5,7,9H2,1H3/t17-,19-/m1/s1. The predicted molar refractivity (Wildman–Crippen MR) is 105 cm³/mol. The van der Waals surface area contributed by atoms with Crippen LogP contribution in [0.5, 0.6) is 0 Å². The van der Waals surface area contributed by atoms with Crippen molar-refractivity contribution in [1.82, 2.24) is 4.72 Å². The smallest absolute Gasteiger partial charge is 0.207 e. The van der Waals surface area contributed by atoms with Crippen LogP contribution < -0.4 is 4.72 Å². The van der Waals surface area contributed by atoms with Crippen LogP contribution in [0.1, 0.15) is 31.2 Å². The molecule has 0 saturated heterocycles. The number of halogens is 1. The molecule has 0 bridgehead atoms. The lowest BCUT2D eigenvalue weighted by molar-refractivity contribution is 0.423. The van der Waals surface area contributed by atoms with E-state index in [2.05, 4.69) is 4.72 Å². The summed E-state index contributed by atoms with van der Waals surface area (Å²) >= 11 is 7.95. The third kappa shape index (κ3) is 4.79. The van der Waals surface area contributed by atoms with Crippen molar-refractivity contribution in [3.8, 4) is 0 Å². The molecule has 0 heterocycles. The summed E-state index contributed by atoms with van der Waals surface area (Å²) in [6.45, 7) is 1.95. The third-order valence-corrected chi connectivity index (χ3v) is 7.88. The number of thioether (sulfide) groups is 1. The Balaban J connectivity index is 1.77. The van der Waals surface area contributed by atoms with E-state index in [9.17, 15) is 8.42 Å². The Morgan fingerprint density at radius 3 is 2.44 bits per heavy atom. The van der Waals surface area contributed by atoms with Gasteiger partial charge in [0.05, 0.1) is 9.92 Å². The fraction of sp³-hybridized carbons (Fsp3) is 0.368. The van der Waals surface area contributed by atoms with E-state index in [4.69, 9.17) is 11.6 Å². The molecule has 0 spiro atoms. The van der Waals surface area contributed by atoms with E-state index < -0.39 is 10.0 Å². The Labute approximate surface area is 159 Å². The van der Waals surface area contributed by atoms with Crippen LogP contribution in [0.25, 0.3) is 0 Å². The van der Waals surface area contributed by atoms with Crippen molar-refractivity contribution >= 4 is 33.4 Å². The van der Waals surface area contributed by atoms with Gasteiger partial charge in [0.2, 0.25) is 10.0 Å². The van der Waals surface area contributed by atoms with Crippen LogP contribution in [0.3, 0.4) is 0 Å². The summed E-state index contributed by atoms with van der Waals surface area (Å²) in [5.74, 6) is 0. The van der Waals surface area contributed by atoms with Crippen molar-refractivity contribution in [1.29, 1.82) is 0 Å². The largest absolute Gasteiger partial charge is 0.240 e. The van der Waals surface area contributed by atoms with E-state index in [0.29, 0.717) is 4.90 Å². The van der Waals surface area contributed by atoms with Gasteiger partial charge in [-0.3, -0.25) is 0 Å². The van der Waals surface area contributed by atoms with Gasteiger partial charge in [-0.2, -0.15) is 0 Å². The molecule has 1 aliphatic carbocycles. The number of rotatable bonds is 5. The van der Waals surface area contributed by atoms with E-state index in [0.717, 1.165) is 41.2 Å². The van der Waals surface area contributed by atoms with Crippen molar-refractivity contribution in [2.24, 2.45) is 0 Å². The number of hydrogen-bond donors (Lipinski definition) is 1. The SMILES string of the molecule is Cc1ccc(S(=O)(=O)N[C@@H]2CCCC[C@H]2Sc2ccccc2Cl)cc1. The quantitative estimate of drug-likeness (QED) is 0.772. The van der Waals surface area contributed by atoms with Gasteiger partial charge in [-0.15, -0.1) is 11.8 Å². The minimum Gasteiger partial charge on any atom is -0.207 e. The molecule has 3 nitrogen and oxygen atoms in total. The van der Waals surface area contributed by atoms with Crippen LogP contribution in [-0.2, 0) is 10.0 Å². The molecule has 1 N–H and O–H groups in total. The summed E-state index contributed by atoms with van der Waals surface area (Å²) < 4.78 is 28.4. The van der Waals surface area contributed by atoms with Gasteiger partial charge in [-0.05, 0) is 44.0 Å². The molecular formula is C19H22ClNO2S2. The second kappa shape index (κ2) is 8.12. The van der Waals surface area contributed by atoms with E-state index in [1.807, 2.05) is 43.3 Å². The fourth-order valence-corrected chi connectivity index (χ4v) is 6.04. The topological polar surface area (TPSA) is 46.2 Å². The first-order valence-electron chi connectivity index (χ1n) is 8.46. The van der Waals surface area contributed by atoms with Crippen molar-refractivity contribution in [2.75, 3.05) is 0 Å². The normalized spacial score (nSPS) is 21.2. The molecule has 0 radical (unpaired) electrons. The van der Waals surface area contributed by atoms with Gasteiger partial charge in [0, 0.05) is 16.2 Å². The summed E-state index contributed by atoms with van der Waals surface area (Å²) in [5.41, 5.74) is 1.05. The maximum Gasteiger partial charge on any atom is 0.240 e. The highest BCUT2D eigenvalue weighted by Gasteiger charge is 2.30. The highest BCUT2D eigenvalue weighted by molar-refractivity contribution is 8.00. The highest BCUT2D eigenvalue weighted by Crippen LogP contribution is 2.37. The zero-order valence-electron chi connectivity index (χ0n) is 14.1. The first-order chi connectivity index (χ1) is 12.0. The summed E-state index contributed by atoms with van der Waals surface area (Å²) in [4.78, 5) is 1.33. The molecule has 1 aliphatic rings.